The predicted octanol–water partition coefficient (Wildman–Crippen LogP) is 0.664. The van der Waals surface area contributed by atoms with Crippen LogP contribution in [0.2, 0.25) is 5.28 Å². The Morgan fingerprint density at radius 1 is 1.31 bits per heavy atom. The average Bonchev–Trinajstić information content (AvgIpc) is 2.29. The van der Waals surface area contributed by atoms with Crippen molar-refractivity contribution in [1.29, 1.82) is 0 Å². The molecule has 16 heavy (non-hydrogen) atoms. The van der Waals surface area contributed by atoms with E-state index in [2.05, 4.69) is 20.3 Å². The Morgan fingerprint density at radius 3 is 2.81 bits per heavy atom. The Labute approximate surface area is 98.4 Å². The molecule has 88 valence electrons. The van der Waals surface area contributed by atoms with Crippen molar-refractivity contribution in [2.75, 3.05) is 20.2 Å². The smallest absolute Gasteiger partial charge is 0.324 e. The van der Waals surface area contributed by atoms with Crippen LogP contribution in [0.1, 0.15) is 12.8 Å². The van der Waals surface area contributed by atoms with Crippen molar-refractivity contribution in [1.82, 2.24) is 20.3 Å². The third kappa shape index (κ3) is 2.93. The molecular formula is C9H13ClN4O2. The van der Waals surface area contributed by atoms with Crippen LogP contribution in [0.25, 0.3) is 0 Å². The highest BCUT2D eigenvalue weighted by molar-refractivity contribution is 6.28. The van der Waals surface area contributed by atoms with E-state index in [1.54, 1.807) is 0 Å². The monoisotopic (exact) mass is 244 g/mol. The van der Waals surface area contributed by atoms with Crippen molar-refractivity contribution in [3.63, 3.8) is 0 Å². The molecule has 1 N–H and O–H groups in total. The molecule has 1 atom stereocenters. The molecule has 2 rings (SSSR count). The maximum Gasteiger partial charge on any atom is 0.324 e. The molecule has 0 aromatic carbocycles. The highest BCUT2D eigenvalue weighted by atomic mass is 35.5. The van der Waals surface area contributed by atoms with Crippen LogP contribution < -0.4 is 14.8 Å². The average molecular weight is 245 g/mol. The van der Waals surface area contributed by atoms with E-state index in [9.17, 15) is 0 Å². The molecule has 0 amide bonds. The third-order valence-electron chi connectivity index (χ3n) is 2.27. The fraction of sp³-hybridized carbons (Fsp3) is 0.667. The summed E-state index contributed by atoms with van der Waals surface area (Å²) >= 11 is 5.71. The first-order chi connectivity index (χ1) is 7.78. The van der Waals surface area contributed by atoms with E-state index in [1.807, 2.05) is 0 Å². The summed E-state index contributed by atoms with van der Waals surface area (Å²) < 4.78 is 10.5. The molecule has 1 aliphatic heterocycles. The number of rotatable bonds is 3. The van der Waals surface area contributed by atoms with E-state index >= 15 is 0 Å². The van der Waals surface area contributed by atoms with Gasteiger partial charge in [-0.3, -0.25) is 0 Å². The Kier molecular flexibility index (Phi) is 3.74. The quantitative estimate of drug-likeness (QED) is 0.843. The SMILES string of the molecule is COc1nc(Cl)nc(O[C@H]2CCCNC2)n1. The molecule has 0 unspecified atom stereocenters. The number of hydrogen-bond donors (Lipinski definition) is 1. The molecule has 1 saturated heterocycles. The van der Waals surface area contributed by atoms with E-state index in [0.717, 1.165) is 25.9 Å². The van der Waals surface area contributed by atoms with Gasteiger partial charge in [0.05, 0.1) is 7.11 Å². The van der Waals surface area contributed by atoms with Crippen molar-refractivity contribution < 1.29 is 9.47 Å². The fourth-order valence-electron chi connectivity index (χ4n) is 1.53. The maximum absolute atomic E-state index is 5.71. The fourth-order valence-corrected chi connectivity index (χ4v) is 1.67. The summed E-state index contributed by atoms with van der Waals surface area (Å²) in [6, 6.07) is 0.379. The topological polar surface area (TPSA) is 69.2 Å². The second-order valence-corrected chi connectivity index (χ2v) is 3.80. The zero-order valence-corrected chi connectivity index (χ0v) is 9.70. The summed E-state index contributed by atoms with van der Waals surface area (Å²) in [7, 11) is 1.47. The Morgan fingerprint density at radius 2 is 2.12 bits per heavy atom. The zero-order chi connectivity index (χ0) is 11.4. The van der Waals surface area contributed by atoms with Gasteiger partial charge in [-0.25, -0.2) is 0 Å². The van der Waals surface area contributed by atoms with E-state index in [-0.39, 0.29) is 23.4 Å². The lowest BCUT2D eigenvalue weighted by atomic mass is 10.1. The number of nitrogens with one attached hydrogen (secondary N) is 1. The molecule has 6 nitrogen and oxygen atoms in total. The van der Waals surface area contributed by atoms with E-state index < -0.39 is 0 Å². The molecule has 1 aliphatic rings. The third-order valence-corrected chi connectivity index (χ3v) is 2.44. The van der Waals surface area contributed by atoms with Gasteiger partial charge in [0.25, 0.3) is 0 Å². The minimum absolute atomic E-state index is 0.0746. The summed E-state index contributed by atoms with van der Waals surface area (Å²) in [6.07, 6.45) is 2.15. The number of methoxy groups -OCH3 is 1. The lowest BCUT2D eigenvalue weighted by molar-refractivity contribution is 0.151. The van der Waals surface area contributed by atoms with Crippen molar-refractivity contribution in [3.8, 4) is 12.0 Å². The van der Waals surface area contributed by atoms with Crippen molar-refractivity contribution >= 4 is 11.6 Å². The summed E-state index contributed by atoms with van der Waals surface area (Å²) in [6.45, 7) is 1.83. The number of halogens is 1. The van der Waals surface area contributed by atoms with Gasteiger partial charge in [0.1, 0.15) is 6.10 Å². The van der Waals surface area contributed by atoms with Crippen LogP contribution in [0.4, 0.5) is 0 Å². The predicted molar refractivity (Wildman–Crippen MR) is 57.9 cm³/mol. The molecule has 1 aromatic heterocycles. The van der Waals surface area contributed by atoms with Gasteiger partial charge < -0.3 is 14.8 Å². The Hall–Kier alpha value is -1.14. The van der Waals surface area contributed by atoms with Gasteiger partial charge in [-0.1, -0.05) is 0 Å². The van der Waals surface area contributed by atoms with Gasteiger partial charge in [-0.15, -0.1) is 4.98 Å². The molecule has 0 spiro atoms. The second kappa shape index (κ2) is 5.27. The number of piperidine rings is 1. The number of ether oxygens (including phenoxy) is 2. The van der Waals surface area contributed by atoms with Gasteiger partial charge >= 0.3 is 12.0 Å². The highest BCUT2D eigenvalue weighted by Crippen LogP contribution is 2.15. The molecule has 0 saturated carbocycles. The minimum Gasteiger partial charge on any atom is -0.467 e. The molecule has 1 fully saturated rings. The summed E-state index contributed by atoms with van der Waals surface area (Å²) in [5.41, 5.74) is 0. The molecule has 0 radical (unpaired) electrons. The first-order valence-electron chi connectivity index (χ1n) is 5.11. The van der Waals surface area contributed by atoms with Gasteiger partial charge in [-0.2, -0.15) is 9.97 Å². The number of hydrogen-bond acceptors (Lipinski definition) is 6. The second-order valence-electron chi connectivity index (χ2n) is 3.46. The van der Waals surface area contributed by atoms with Gasteiger partial charge in [-0.05, 0) is 31.0 Å². The summed E-state index contributed by atoms with van der Waals surface area (Å²) in [5, 5.41) is 3.31. The summed E-state index contributed by atoms with van der Waals surface area (Å²) in [4.78, 5) is 11.6. The van der Waals surface area contributed by atoms with Gasteiger partial charge in [0, 0.05) is 6.54 Å². The van der Waals surface area contributed by atoms with Crippen LogP contribution in [-0.4, -0.2) is 41.3 Å². The first kappa shape index (κ1) is 11.3. The zero-order valence-electron chi connectivity index (χ0n) is 8.94. The lowest BCUT2D eigenvalue weighted by Gasteiger charge is -2.22. The largest absolute Gasteiger partial charge is 0.467 e. The van der Waals surface area contributed by atoms with Crippen LogP contribution in [0.5, 0.6) is 12.0 Å². The highest BCUT2D eigenvalue weighted by Gasteiger charge is 2.16. The standard InChI is InChI=1S/C9H13ClN4O2/c1-15-8-12-7(10)13-9(14-8)16-6-3-2-4-11-5-6/h6,11H,2-5H2,1H3/t6-/m0/s1. The number of nitrogens with zero attached hydrogens (tertiary/aromatic N) is 3. The molecular weight excluding hydrogens is 232 g/mol. The molecule has 0 aliphatic carbocycles. The van der Waals surface area contributed by atoms with E-state index in [4.69, 9.17) is 21.1 Å². The van der Waals surface area contributed by atoms with Crippen LogP contribution in [0, 0.1) is 0 Å². The molecule has 7 heteroatoms. The Balaban J connectivity index is 2.04. The lowest BCUT2D eigenvalue weighted by Crippen LogP contribution is -2.37. The first-order valence-corrected chi connectivity index (χ1v) is 5.48. The molecule has 0 bridgehead atoms. The Bertz CT molecular complexity index is 357. The molecule has 1 aromatic rings. The van der Waals surface area contributed by atoms with Gasteiger partial charge in [0.2, 0.25) is 5.28 Å². The van der Waals surface area contributed by atoms with Crippen LogP contribution in [0.3, 0.4) is 0 Å². The van der Waals surface area contributed by atoms with Crippen LogP contribution in [0.15, 0.2) is 0 Å². The number of aromatic nitrogens is 3. The van der Waals surface area contributed by atoms with Crippen molar-refractivity contribution in [2.24, 2.45) is 0 Å². The maximum atomic E-state index is 5.71. The normalized spacial score (nSPS) is 20.5. The van der Waals surface area contributed by atoms with E-state index in [1.165, 1.54) is 7.11 Å². The van der Waals surface area contributed by atoms with Gasteiger partial charge in [0.15, 0.2) is 0 Å². The van der Waals surface area contributed by atoms with Crippen LogP contribution >= 0.6 is 11.6 Å². The van der Waals surface area contributed by atoms with Crippen LogP contribution in [-0.2, 0) is 0 Å². The summed E-state index contributed by atoms with van der Waals surface area (Å²) in [5.74, 6) is 0. The van der Waals surface area contributed by atoms with Crippen molar-refractivity contribution in [2.45, 2.75) is 18.9 Å². The van der Waals surface area contributed by atoms with E-state index in [0.29, 0.717) is 0 Å². The van der Waals surface area contributed by atoms with Crippen molar-refractivity contribution in [3.05, 3.63) is 5.28 Å². The minimum atomic E-state index is 0.0746. The molecule has 2 heterocycles.